The number of furan rings is 1. The number of halogens is 1. The zero-order chi connectivity index (χ0) is 18.1. The lowest BCUT2D eigenvalue weighted by Gasteiger charge is -2.12. The minimum absolute atomic E-state index is 0.221. The second-order valence-electron chi connectivity index (χ2n) is 5.92. The van der Waals surface area contributed by atoms with Gasteiger partial charge in [-0.1, -0.05) is 35.9 Å². The van der Waals surface area contributed by atoms with Crippen LogP contribution < -0.4 is 5.32 Å². The Labute approximate surface area is 155 Å². The van der Waals surface area contributed by atoms with Crippen molar-refractivity contribution in [1.29, 1.82) is 0 Å². The molecule has 1 N–H and O–H groups in total. The molecule has 0 spiro atoms. The predicted octanol–water partition coefficient (Wildman–Crippen LogP) is 5.71. The number of carbonyl (C=O) groups is 1. The smallest absolute Gasteiger partial charge is 0.256 e. The molecule has 0 saturated carbocycles. The van der Waals surface area contributed by atoms with Gasteiger partial charge in [0.2, 0.25) is 0 Å². The van der Waals surface area contributed by atoms with Gasteiger partial charge in [0.05, 0.1) is 17.3 Å². The molecule has 2 heterocycles. The van der Waals surface area contributed by atoms with Crippen LogP contribution in [0.5, 0.6) is 0 Å². The number of amides is 1. The highest BCUT2D eigenvalue weighted by atomic mass is 35.5. The molecule has 0 aliphatic heterocycles. The second kappa shape index (κ2) is 6.65. The Hall–Kier alpha value is -3.11. The van der Waals surface area contributed by atoms with Crippen LogP contribution in [0.3, 0.4) is 0 Å². The molecule has 2 aromatic heterocycles. The first kappa shape index (κ1) is 16.4. The minimum Gasteiger partial charge on any atom is -0.463 e. The molecule has 0 fully saturated rings. The van der Waals surface area contributed by atoms with E-state index in [1.54, 1.807) is 24.5 Å². The molecule has 26 heavy (non-hydrogen) atoms. The Morgan fingerprint density at radius 1 is 1.08 bits per heavy atom. The fourth-order valence-corrected chi connectivity index (χ4v) is 3.02. The lowest BCUT2D eigenvalue weighted by molar-refractivity contribution is 0.102. The fraction of sp³-hybridized carbons (Fsp3) is 0.0476. The zero-order valence-electron chi connectivity index (χ0n) is 14.0. The molecule has 0 radical (unpaired) electrons. The fourth-order valence-electron chi connectivity index (χ4n) is 2.85. The molecule has 2 aromatic carbocycles. The summed E-state index contributed by atoms with van der Waals surface area (Å²) in [5.41, 5.74) is 3.38. The number of nitrogens with one attached hydrogen (secondary N) is 1. The molecule has 5 heteroatoms. The largest absolute Gasteiger partial charge is 0.463 e. The van der Waals surface area contributed by atoms with Crippen molar-refractivity contribution in [2.75, 3.05) is 5.32 Å². The number of para-hydroxylation sites is 1. The van der Waals surface area contributed by atoms with Crippen molar-refractivity contribution in [3.8, 4) is 11.5 Å². The first-order valence-electron chi connectivity index (χ1n) is 8.13. The number of hydrogen-bond acceptors (Lipinski definition) is 3. The van der Waals surface area contributed by atoms with Crippen molar-refractivity contribution < 1.29 is 9.21 Å². The maximum absolute atomic E-state index is 13.0. The number of pyridine rings is 1. The van der Waals surface area contributed by atoms with E-state index >= 15 is 0 Å². The third-order valence-corrected chi connectivity index (χ3v) is 4.66. The first-order chi connectivity index (χ1) is 12.6. The van der Waals surface area contributed by atoms with E-state index in [-0.39, 0.29) is 5.91 Å². The van der Waals surface area contributed by atoms with Crippen LogP contribution in [-0.4, -0.2) is 10.9 Å². The van der Waals surface area contributed by atoms with E-state index in [0.29, 0.717) is 27.7 Å². The second-order valence-corrected chi connectivity index (χ2v) is 6.32. The van der Waals surface area contributed by atoms with Gasteiger partial charge in [0, 0.05) is 16.1 Å². The van der Waals surface area contributed by atoms with E-state index in [1.165, 1.54) is 0 Å². The average molecular weight is 363 g/mol. The van der Waals surface area contributed by atoms with Gasteiger partial charge in [-0.3, -0.25) is 4.79 Å². The molecule has 0 aliphatic carbocycles. The highest BCUT2D eigenvalue weighted by molar-refractivity contribution is 6.31. The quantitative estimate of drug-likeness (QED) is 0.508. The van der Waals surface area contributed by atoms with E-state index in [2.05, 4.69) is 10.3 Å². The van der Waals surface area contributed by atoms with Gasteiger partial charge in [-0.15, -0.1) is 0 Å². The van der Waals surface area contributed by atoms with Gasteiger partial charge in [0.1, 0.15) is 5.69 Å². The minimum atomic E-state index is -0.221. The molecule has 4 rings (SSSR count). The van der Waals surface area contributed by atoms with Crippen molar-refractivity contribution in [3.05, 3.63) is 83.1 Å². The van der Waals surface area contributed by atoms with Crippen LogP contribution in [0, 0.1) is 6.92 Å². The SMILES string of the molecule is Cc1c(Cl)cccc1NC(=O)c1cc(-c2ccco2)nc2ccccc12. The van der Waals surface area contributed by atoms with Crippen LogP contribution >= 0.6 is 11.6 Å². The normalized spacial score (nSPS) is 10.8. The van der Waals surface area contributed by atoms with Crippen LogP contribution in [-0.2, 0) is 0 Å². The number of hydrogen-bond donors (Lipinski definition) is 1. The maximum Gasteiger partial charge on any atom is 0.256 e. The topological polar surface area (TPSA) is 55.1 Å². The summed E-state index contributed by atoms with van der Waals surface area (Å²) in [5.74, 6) is 0.394. The van der Waals surface area contributed by atoms with Crippen LogP contribution in [0.25, 0.3) is 22.4 Å². The Balaban J connectivity index is 1.82. The number of anilines is 1. The van der Waals surface area contributed by atoms with Crippen molar-refractivity contribution in [3.63, 3.8) is 0 Å². The van der Waals surface area contributed by atoms with Crippen LogP contribution in [0.2, 0.25) is 5.02 Å². The Morgan fingerprint density at radius 2 is 1.92 bits per heavy atom. The Kier molecular flexibility index (Phi) is 4.19. The molecular weight excluding hydrogens is 348 g/mol. The molecule has 4 aromatic rings. The van der Waals surface area contributed by atoms with E-state index in [9.17, 15) is 4.79 Å². The molecule has 128 valence electrons. The van der Waals surface area contributed by atoms with Crippen LogP contribution in [0.15, 0.2) is 71.3 Å². The van der Waals surface area contributed by atoms with Crippen molar-refractivity contribution in [2.24, 2.45) is 0 Å². The maximum atomic E-state index is 13.0. The van der Waals surface area contributed by atoms with Crippen molar-refractivity contribution in [1.82, 2.24) is 4.98 Å². The van der Waals surface area contributed by atoms with Gasteiger partial charge in [-0.25, -0.2) is 4.98 Å². The molecule has 0 aliphatic rings. The van der Waals surface area contributed by atoms with Crippen molar-refractivity contribution >= 4 is 34.1 Å². The van der Waals surface area contributed by atoms with Gasteiger partial charge in [0.25, 0.3) is 5.91 Å². The van der Waals surface area contributed by atoms with Crippen LogP contribution in [0.4, 0.5) is 5.69 Å². The number of carbonyl (C=O) groups excluding carboxylic acids is 1. The summed E-state index contributed by atoms with van der Waals surface area (Å²) >= 11 is 6.16. The summed E-state index contributed by atoms with van der Waals surface area (Å²) in [6.07, 6.45) is 1.58. The number of aromatic nitrogens is 1. The van der Waals surface area contributed by atoms with E-state index in [0.717, 1.165) is 16.5 Å². The number of nitrogens with zero attached hydrogens (tertiary/aromatic N) is 1. The zero-order valence-corrected chi connectivity index (χ0v) is 14.7. The summed E-state index contributed by atoms with van der Waals surface area (Å²) in [7, 11) is 0. The van der Waals surface area contributed by atoms with Gasteiger partial charge in [0.15, 0.2) is 5.76 Å². The molecule has 0 saturated heterocycles. The average Bonchev–Trinajstić information content (AvgIpc) is 3.19. The molecule has 1 amide bonds. The molecule has 0 bridgehead atoms. The van der Waals surface area contributed by atoms with Gasteiger partial charge in [-0.2, -0.15) is 0 Å². The van der Waals surface area contributed by atoms with Gasteiger partial charge >= 0.3 is 0 Å². The Bertz CT molecular complexity index is 1100. The predicted molar refractivity (Wildman–Crippen MR) is 104 cm³/mol. The lowest BCUT2D eigenvalue weighted by Crippen LogP contribution is -2.14. The number of fused-ring (bicyclic) bond motifs is 1. The van der Waals surface area contributed by atoms with Gasteiger partial charge < -0.3 is 9.73 Å². The molecule has 4 nitrogen and oxygen atoms in total. The summed E-state index contributed by atoms with van der Waals surface area (Å²) in [5, 5.41) is 4.34. The molecular formula is C21H15ClN2O2. The van der Waals surface area contributed by atoms with Crippen LogP contribution in [0.1, 0.15) is 15.9 Å². The molecule has 0 unspecified atom stereocenters. The Morgan fingerprint density at radius 3 is 2.73 bits per heavy atom. The summed E-state index contributed by atoms with van der Waals surface area (Å²) < 4.78 is 5.44. The summed E-state index contributed by atoms with van der Waals surface area (Å²) in [4.78, 5) is 17.6. The van der Waals surface area contributed by atoms with E-state index in [1.807, 2.05) is 49.4 Å². The third-order valence-electron chi connectivity index (χ3n) is 4.25. The lowest BCUT2D eigenvalue weighted by atomic mass is 10.1. The van der Waals surface area contributed by atoms with E-state index < -0.39 is 0 Å². The molecule has 0 atom stereocenters. The summed E-state index contributed by atoms with van der Waals surface area (Å²) in [6.45, 7) is 1.87. The number of rotatable bonds is 3. The summed E-state index contributed by atoms with van der Waals surface area (Å²) in [6, 6.07) is 18.3. The van der Waals surface area contributed by atoms with Gasteiger partial charge in [-0.05, 0) is 48.9 Å². The highest BCUT2D eigenvalue weighted by Crippen LogP contribution is 2.27. The third kappa shape index (κ3) is 2.95. The van der Waals surface area contributed by atoms with E-state index in [4.69, 9.17) is 16.0 Å². The standard InChI is InChI=1S/C21H15ClN2O2/c1-13-16(22)7-4-9-17(13)24-21(25)15-12-19(20-10-5-11-26-20)23-18-8-3-2-6-14(15)18/h2-12H,1H3,(H,24,25). The number of benzene rings is 2. The highest BCUT2D eigenvalue weighted by Gasteiger charge is 2.16. The monoisotopic (exact) mass is 362 g/mol. The first-order valence-corrected chi connectivity index (χ1v) is 8.51. The van der Waals surface area contributed by atoms with Crippen molar-refractivity contribution in [2.45, 2.75) is 6.92 Å².